The summed E-state index contributed by atoms with van der Waals surface area (Å²) >= 11 is 0. The van der Waals surface area contributed by atoms with Gasteiger partial charge in [0.2, 0.25) is 0 Å². The van der Waals surface area contributed by atoms with E-state index in [2.05, 4.69) is 50.2 Å². The van der Waals surface area contributed by atoms with Crippen molar-refractivity contribution in [2.75, 3.05) is 21.2 Å². The number of hydrogen-bond acceptors (Lipinski definition) is 3. The molecule has 1 N–H and O–H groups in total. The zero-order chi connectivity index (χ0) is 16.5. The summed E-state index contributed by atoms with van der Waals surface area (Å²) in [5.74, 6) is -0.381. The van der Waals surface area contributed by atoms with Crippen molar-refractivity contribution in [3.63, 3.8) is 0 Å². The van der Waals surface area contributed by atoms with Gasteiger partial charge in [-0.25, -0.2) is 4.79 Å². The third kappa shape index (κ3) is 5.58. The highest BCUT2D eigenvalue weighted by molar-refractivity contribution is 5.87. The van der Waals surface area contributed by atoms with E-state index in [0.29, 0.717) is 11.8 Å². The smallest absolute Gasteiger partial charge is 0.335 e. The summed E-state index contributed by atoms with van der Waals surface area (Å²) in [4.78, 5) is 12.6. The second kappa shape index (κ2) is 8.85. The van der Waals surface area contributed by atoms with Crippen LogP contribution in [0.5, 0.6) is 5.75 Å². The molecule has 2 aromatic rings. The molecule has 4 nitrogen and oxygen atoms in total. The summed E-state index contributed by atoms with van der Waals surface area (Å²) in [7, 11) is 5.69. The minimum Gasteiger partial charge on any atom is -0.497 e. The monoisotopic (exact) mass is 301 g/mol. The molecule has 0 aliphatic rings. The van der Waals surface area contributed by atoms with Gasteiger partial charge in [0.25, 0.3) is 0 Å². The van der Waals surface area contributed by atoms with Gasteiger partial charge in [0.15, 0.2) is 0 Å². The molecule has 0 unspecified atom stereocenters. The van der Waals surface area contributed by atoms with Crippen LogP contribution < -0.4 is 4.74 Å². The number of carboxylic acids is 1. The predicted octanol–water partition coefficient (Wildman–Crippen LogP) is 3.70. The van der Waals surface area contributed by atoms with Gasteiger partial charge in [0, 0.05) is 6.04 Å². The molecule has 4 heteroatoms. The molecule has 0 aliphatic heterocycles. The number of carboxylic acid groups (broad SMARTS) is 1. The van der Waals surface area contributed by atoms with E-state index >= 15 is 0 Å². The standard InChI is InChI=1S/C10H15N.C8H8O3/c1-9(11(2)3)10-7-5-4-6-8-10;1-11-7-4-2-3-6(5-7)8(9)10/h4-9H,1-3H3;2-5H,1H3,(H,9,10)/t9-;/m1./s1. The molecule has 0 aromatic heterocycles. The number of methoxy groups -OCH3 is 1. The van der Waals surface area contributed by atoms with Crippen LogP contribution in [0, 0.1) is 0 Å². The number of ether oxygens (including phenoxy) is 1. The first-order valence-corrected chi connectivity index (χ1v) is 7.04. The lowest BCUT2D eigenvalue weighted by Crippen LogP contribution is -2.16. The van der Waals surface area contributed by atoms with Crippen molar-refractivity contribution in [3.8, 4) is 5.75 Å². The van der Waals surface area contributed by atoms with E-state index in [1.807, 2.05) is 6.07 Å². The lowest BCUT2D eigenvalue weighted by Gasteiger charge is -2.19. The zero-order valence-corrected chi connectivity index (χ0v) is 13.5. The van der Waals surface area contributed by atoms with E-state index in [-0.39, 0.29) is 5.56 Å². The van der Waals surface area contributed by atoms with Crippen LogP contribution in [0.25, 0.3) is 0 Å². The predicted molar refractivity (Wildman–Crippen MR) is 88.5 cm³/mol. The van der Waals surface area contributed by atoms with Gasteiger partial charge in [0.05, 0.1) is 12.7 Å². The quantitative estimate of drug-likeness (QED) is 0.935. The van der Waals surface area contributed by atoms with Gasteiger partial charge < -0.3 is 14.7 Å². The summed E-state index contributed by atoms with van der Waals surface area (Å²) in [5, 5.41) is 8.55. The molecule has 0 spiro atoms. The van der Waals surface area contributed by atoms with Gasteiger partial charge in [-0.1, -0.05) is 36.4 Å². The molecule has 0 radical (unpaired) electrons. The lowest BCUT2D eigenvalue weighted by molar-refractivity contribution is 0.0696. The fraction of sp³-hybridized carbons (Fsp3) is 0.278. The highest BCUT2D eigenvalue weighted by atomic mass is 16.5. The number of carbonyl (C=O) groups is 1. The summed E-state index contributed by atoms with van der Waals surface area (Å²) < 4.78 is 4.84. The Morgan fingerprint density at radius 2 is 1.73 bits per heavy atom. The van der Waals surface area contributed by atoms with Crippen molar-refractivity contribution in [1.29, 1.82) is 0 Å². The molecule has 0 bridgehead atoms. The maximum absolute atomic E-state index is 10.4. The minimum atomic E-state index is -0.941. The largest absolute Gasteiger partial charge is 0.497 e. The highest BCUT2D eigenvalue weighted by Gasteiger charge is 2.05. The summed E-state index contributed by atoms with van der Waals surface area (Å²) in [6.45, 7) is 2.20. The molecule has 0 saturated carbocycles. The van der Waals surface area contributed by atoms with E-state index in [9.17, 15) is 4.79 Å². The molecule has 0 saturated heterocycles. The van der Waals surface area contributed by atoms with Crippen molar-refractivity contribution in [2.45, 2.75) is 13.0 Å². The second-order valence-corrected chi connectivity index (χ2v) is 5.09. The Hall–Kier alpha value is -2.33. The molecule has 0 aliphatic carbocycles. The van der Waals surface area contributed by atoms with Crippen LogP contribution >= 0.6 is 0 Å². The van der Waals surface area contributed by atoms with Crippen LogP contribution in [0.1, 0.15) is 28.9 Å². The fourth-order valence-corrected chi connectivity index (χ4v) is 1.79. The average molecular weight is 301 g/mol. The van der Waals surface area contributed by atoms with E-state index in [4.69, 9.17) is 9.84 Å². The first-order valence-electron chi connectivity index (χ1n) is 7.04. The molecule has 0 fully saturated rings. The minimum absolute atomic E-state index is 0.240. The number of rotatable bonds is 4. The summed E-state index contributed by atoms with van der Waals surface area (Å²) in [5.41, 5.74) is 1.61. The van der Waals surface area contributed by atoms with Crippen molar-refractivity contribution >= 4 is 5.97 Å². The van der Waals surface area contributed by atoms with E-state index in [1.165, 1.54) is 24.8 Å². The summed E-state index contributed by atoms with van der Waals surface area (Å²) in [6.07, 6.45) is 0. The van der Waals surface area contributed by atoms with Gasteiger partial charge in [-0.15, -0.1) is 0 Å². The SMILES string of the molecule is COc1cccc(C(=O)O)c1.C[C@H](c1ccccc1)N(C)C. The van der Waals surface area contributed by atoms with Crippen molar-refractivity contribution in [2.24, 2.45) is 0 Å². The molecule has 2 aromatic carbocycles. The van der Waals surface area contributed by atoms with Gasteiger partial charge in [-0.2, -0.15) is 0 Å². The van der Waals surface area contributed by atoms with Crippen LogP contribution in [0.3, 0.4) is 0 Å². The Labute approximate surface area is 132 Å². The van der Waals surface area contributed by atoms with Crippen LogP contribution in [-0.4, -0.2) is 37.2 Å². The first-order chi connectivity index (χ1) is 10.5. The van der Waals surface area contributed by atoms with E-state index < -0.39 is 5.97 Å². The third-order valence-corrected chi connectivity index (χ3v) is 3.37. The molecular weight excluding hydrogens is 278 g/mol. The van der Waals surface area contributed by atoms with Gasteiger partial charge >= 0.3 is 5.97 Å². The van der Waals surface area contributed by atoms with Crippen molar-refractivity contribution in [1.82, 2.24) is 4.90 Å². The highest BCUT2D eigenvalue weighted by Crippen LogP contribution is 2.15. The number of hydrogen-bond donors (Lipinski definition) is 1. The number of aromatic carboxylic acids is 1. The maximum Gasteiger partial charge on any atom is 0.335 e. The first kappa shape index (κ1) is 17.7. The zero-order valence-electron chi connectivity index (χ0n) is 13.5. The molecule has 2 rings (SSSR count). The molecule has 0 amide bonds. The van der Waals surface area contributed by atoms with Crippen molar-refractivity contribution < 1.29 is 14.6 Å². The third-order valence-electron chi connectivity index (χ3n) is 3.37. The Kier molecular flexibility index (Phi) is 7.13. The molecule has 0 heterocycles. The molecule has 22 heavy (non-hydrogen) atoms. The average Bonchev–Trinajstić information content (AvgIpc) is 2.55. The molecule has 1 atom stereocenters. The van der Waals surface area contributed by atoms with E-state index in [0.717, 1.165) is 0 Å². The molecule has 118 valence electrons. The Bertz CT molecular complexity index is 582. The maximum atomic E-state index is 10.4. The lowest BCUT2D eigenvalue weighted by atomic mass is 10.1. The second-order valence-electron chi connectivity index (χ2n) is 5.09. The Morgan fingerprint density at radius 1 is 1.09 bits per heavy atom. The Balaban J connectivity index is 0.000000220. The molecular formula is C18H23NO3. The Morgan fingerprint density at radius 3 is 2.23 bits per heavy atom. The van der Waals surface area contributed by atoms with Crippen LogP contribution in [0.4, 0.5) is 0 Å². The summed E-state index contributed by atoms with van der Waals surface area (Å²) in [6, 6.07) is 17.4. The van der Waals surface area contributed by atoms with Crippen LogP contribution in [0.2, 0.25) is 0 Å². The van der Waals surface area contributed by atoms with Gasteiger partial charge in [-0.3, -0.25) is 0 Å². The topological polar surface area (TPSA) is 49.8 Å². The fourth-order valence-electron chi connectivity index (χ4n) is 1.79. The number of nitrogens with zero attached hydrogens (tertiary/aromatic N) is 1. The van der Waals surface area contributed by atoms with Crippen LogP contribution in [-0.2, 0) is 0 Å². The van der Waals surface area contributed by atoms with Gasteiger partial charge in [0.1, 0.15) is 5.75 Å². The van der Waals surface area contributed by atoms with Crippen molar-refractivity contribution in [3.05, 3.63) is 65.7 Å². The van der Waals surface area contributed by atoms with E-state index in [1.54, 1.807) is 12.1 Å². The van der Waals surface area contributed by atoms with Crippen LogP contribution in [0.15, 0.2) is 54.6 Å². The normalized spacial score (nSPS) is 11.3. The van der Waals surface area contributed by atoms with Gasteiger partial charge in [-0.05, 0) is 44.8 Å². The number of benzene rings is 2.